The first-order valence-electron chi connectivity index (χ1n) is 8.31. The lowest BCUT2D eigenvalue weighted by Gasteiger charge is -2.07. The number of non-ortho nitro benzene ring substituents is 1. The molecule has 0 aliphatic carbocycles. The molecule has 1 aliphatic heterocycles. The van der Waals surface area contributed by atoms with Crippen molar-refractivity contribution in [1.29, 1.82) is 0 Å². The van der Waals surface area contributed by atoms with Gasteiger partial charge in [-0.15, -0.1) is 5.10 Å². The third kappa shape index (κ3) is 4.79. The number of thioether (sulfide) groups is 1. The minimum Gasteiger partial charge on any atom is -0.303 e. The molecule has 1 atom stereocenters. The fourth-order valence-corrected chi connectivity index (χ4v) is 3.53. The number of hydrogen-bond acceptors (Lipinski definition) is 6. The van der Waals surface area contributed by atoms with Crippen LogP contribution in [0.25, 0.3) is 0 Å². The third-order valence-electron chi connectivity index (χ3n) is 4.23. The number of nitrogens with one attached hydrogen (secondary N) is 1. The number of carbonyl (C=O) groups excluding carboxylic acids is 1. The molecule has 0 saturated carbocycles. The van der Waals surface area contributed by atoms with Gasteiger partial charge in [-0.05, 0) is 54.7 Å². The average molecular weight is 382 g/mol. The molecule has 138 valence electrons. The van der Waals surface area contributed by atoms with Crippen molar-refractivity contribution in [2.75, 3.05) is 0 Å². The van der Waals surface area contributed by atoms with E-state index in [1.54, 1.807) is 12.1 Å². The van der Waals surface area contributed by atoms with E-state index in [0.717, 1.165) is 5.56 Å². The van der Waals surface area contributed by atoms with Crippen LogP contribution in [0.1, 0.15) is 22.3 Å². The van der Waals surface area contributed by atoms with Crippen LogP contribution in [0.2, 0.25) is 0 Å². The van der Waals surface area contributed by atoms with Gasteiger partial charge in [-0.2, -0.15) is 5.10 Å². The minimum absolute atomic E-state index is 0.0197. The summed E-state index contributed by atoms with van der Waals surface area (Å²) in [5.74, 6) is -0.0810. The second-order valence-electron chi connectivity index (χ2n) is 6.22. The van der Waals surface area contributed by atoms with Crippen LogP contribution in [-0.4, -0.2) is 27.5 Å². The third-order valence-corrected chi connectivity index (χ3v) is 5.30. The Hall–Kier alpha value is -3.00. The standard InChI is InChI=1S/C19H18N4O3S/c1-12-3-4-15(9-13(12)2)10-17-18(24)21-19(27-17)22-20-11-14-5-7-16(8-6-14)23(25)26/h3-9,11,17H,10H2,1-2H3,(H,21,22,24)/b20-11-/t17-/m1/s1. The minimum atomic E-state index is -0.457. The second-order valence-corrected chi connectivity index (χ2v) is 7.41. The van der Waals surface area contributed by atoms with Crippen molar-refractivity contribution in [1.82, 2.24) is 5.32 Å². The molecular weight excluding hydrogens is 364 g/mol. The maximum atomic E-state index is 12.1. The molecule has 8 heteroatoms. The molecule has 2 aromatic carbocycles. The number of nitro groups is 1. The van der Waals surface area contributed by atoms with E-state index in [9.17, 15) is 14.9 Å². The molecule has 1 heterocycles. The summed E-state index contributed by atoms with van der Waals surface area (Å²) in [4.78, 5) is 22.3. The van der Waals surface area contributed by atoms with Crippen LogP contribution >= 0.6 is 11.8 Å². The quantitative estimate of drug-likeness (QED) is 0.487. The number of amidine groups is 1. The maximum Gasteiger partial charge on any atom is 0.269 e. The number of aryl methyl sites for hydroxylation is 2. The van der Waals surface area contributed by atoms with Crippen molar-refractivity contribution in [2.24, 2.45) is 10.2 Å². The Morgan fingerprint density at radius 2 is 1.93 bits per heavy atom. The van der Waals surface area contributed by atoms with E-state index < -0.39 is 4.92 Å². The molecular formula is C19H18N4O3S. The Balaban J connectivity index is 1.62. The lowest BCUT2D eigenvalue weighted by atomic mass is 10.0. The zero-order valence-electron chi connectivity index (χ0n) is 14.9. The SMILES string of the molecule is Cc1ccc(C[C@H]2S/C(=N/N=C\c3ccc([N+](=O)[O-])cc3)NC2=O)cc1C. The van der Waals surface area contributed by atoms with Crippen LogP contribution in [0.4, 0.5) is 5.69 Å². The molecule has 3 rings (SSSR count). The smallest absolute Gasteiger partial charge is 0.269 e. The topological polar surface area (TPSA) is 97.0 Å². The summed E-state index contributed by atoms with van der Waals surface area (Å²) in [6, 6.07) is 12.2. The van der Waals surface area contributed by atoms with Crippen LogP contribution < -0.4 is 5.32 Å². The predicted octanol–water partition coefficient (Wildman–Crippen LogP) is 3.38. The Morgan fingerprint density at radius 3 is 2.59 bits per heavy atom. The zero-order valence-corrected chi connectivity index (χ0v) is 15.7. The molecule has 0 bridgehead atoms. The van der Waals surface area contributed by atoms with E-state index in [-0.39, 0.29) is 16.8 Å². The number of benzene rings is 2. The van der Waals surface area contributed by atoms with Gasteiger partial charge in [0.05, 0.1) is 16.4 Å². The van der Waals surface area contributed by atoms with Gasteiger partial charge in [-0.25, -0.2) is 0 Å². The van der Waals surface area contributed by atoms with Crippen LogP contribution in [0.5, 0.6) is 0 Å². The Bertz CT molecular complexity index is 938. The van der Waals surface area contributed by atoms with Gasteiger partial charge in [0, 0.05) is 12.1 Å². The summed E-state index contributed by atoms with van der Waals surface area (Å²) in [6.07, 6.45) is 2.11. The van der Waals surface area contributed by atoms with Crippen LogP contribution in [0.3, 0.4) is 0 Å². The van der Waals surface area contributed by atoms with Crippen molar-refractivity contribution >= 4 is 34.7 Å². The summed E-state index contributed by atoms with van der Waals surface area (Å²) in [5, 5.41) is 21.6. The highest BCUT2D eigenvalue weighted by molar-refractivity contribution is 8.15. The van der Waals surface area contributed by atoms with Crippen molar-refractivity contribution in [3.8, 4) is 0 Å². The normalized spacial score (nSPS) is 18.2. The predicted molar refractivity (Wildman–Crippen MR) is 107 cm³/mol. The summed E-state index contributed by atoms with van der Waals surface area (Å²) in [5.41, 5.74) is 4.25. The van der Waals surface area contributed by atoms with Gasteiger partial charge in [0.2, 0.25) is 5.91 Å². The number of amides is 1. The van der Waals surface area contributed by atoms with Gasteiger partial charge in [0.15, 0.2) is 5.17 Å². The molecule has 7 nitrogen and oxygen atoms in total. The van der Waals surface area contributed by atoms with Gasteiger partial charge < -0.3 is 5.32 Å². The first-order valence-corrected chi connectivity index (χ1v) is 9.19. The van der Waals surface area contributed by atoms with Crippen molar-refractivity contribution in [3.63, 3.8) is 0 Å². The van der Waals surface area contributed by atoms with E-state index in [1.807, 2.05) is 6.07 Å². The Morgan fingerprint density at radius 1 is 1.19 bits per heavy atom. The molecule has 1 aliphatic rings. The van der Waals surface area contributed by atoms with Gasteiger partial charge in [-0.1, -0.05) is 30.0 Å². The molecule has 0 aromatic heterocycles. The van der Waals surface area contributed by atoms with E-state index >= 15 is 0 Å². The zero-order chi connectivity index (χ0) is 19.4. The van der Waals surface area contributed by atoms with Crippen molar-refractivity contribution in [2.45, 2.75) is 25.5 Å². The molecule has 27 heavy (non-hydrogen) atoms. The number of rotatable bonds is 5. The second kappa shape index (κ2) is 8.13. The molecule has 0 spiro atoms. The summed E-state index contributed by atoms with van der Waals surface area (Å²) >= 11 is 1.35. The molecule has 2 aromatic rings. The highest BCUT2D eigenvalue weighted by atomic mass is 32.2. The van der Waals surface area contributed by atoms with Crippen LogP contribution in [0, 0.1) is 24.0 Å². The molecule has 1 N–H and O–H groups in total. The van der Waals surface area contributed by atoms with E-state index in [2.05, 4.69) is 41.5 Å². The monoisotopic (exact) mass is 382 g/mol. The van der Waals surface area contributed by atoms with Gasteiger partial charge >= 0.3 is 0 Å². The fourth-order valence-electron chi connectivity index (χ4n) is 2.56. The van der Waals surface area contributed by atoms with Crippen LogP contribution in [0.15, 0.2) is 52.7 Å². The first-order chi connectivity index (χ1) is 12.9. The molecule has 1 saturated heterocycles. The number of carbonyl (C=O) groups is 1. The Labute approximate surface area is 160 Å². The lowest BCUT2D eigenvalue weighted by Crippen LogP contribution is -2.25. The highest BCUT2D eigenvalue weighted by Gasteiger charge is 2.30. The van der Waals surface area contributed by atoms with Gasteiger partial charge in [-0.3, -0.25) is 14.9 Å². The van der Waals surface area contributed by atoms with E-state index in [4.69, 9.17) is 0 Å². The molecule has 1 fully saturated rings. The lowest BCUT2D eigenvalue weighted by molar-refractivity contribution is -0.384. The number of nitro benzene ring substituents is 1. The molecule has 1 amide bonds. The van der Waals surface area contributed by atoms with Crippen molar-refractivity contribution < 1.29 is 9.72 Å². The maximum absolute atomic E-state index is 12.1. The summed E-state index contributed by atoms with van der Waals surface area (Å²) < 4.78 is 0. The largest absolute Gasteiger partial charge is 0.303 e. The van der Waals surface area contributed by atoms with Crippen LogP contribution in [-0.2, 0) is 11.2 Å². The summed E-state index contributed by atoms with van der Waals surface area (Å²) in [6.45, 7) is 4.12. The first kappa shape index (κ1) is 18.8. The van der Waals surface area contributed by atoms with Crippen molar-refractivity contribution in [3.05, 3.63) is 74.8 Å². The van der Waals surface area contributed by atoms with E-state index in [1.165, 1.54) is 41.2 Å². The average Bonchev–Trinajstić information content (AvgIpc) is 2.98. The molecule has 0 radical (unpaired) electrons. The number of nitrogens with zero attached hydrogens (tertiary/aromatic N) is 3. The van der Waals surface area contributed by atoms with E-state index in [0.29, 0.717) is 17.2 Å². The van der Waals surface area contributed by atoms with Gasteiger partial charge in [0.1, 0.15) is 0 Å². The fraction of sp³-hybridized carbons (Fsp3) is 0.211. The summed E-state index contributed by atoms with van der Waals surface area (Å²) in [7, 11) is 0. The van der Waals surface area contributed by atoms with Gasteiger partial charge in [0.25, 0.3) is 5.69 Å². The molecule has 0 unspecified atom stereocenters. The highest BCUT2D eigenvalue weighted by Crippen LogP contribution is 2.24. The Kier molecular flexibility index (Phi) is 5.66. The number of hydrogen-bond donors (Lipinski definition) is 1.